The van der Waals surface area contributed by atoms with Crippen LogP contribution in [0.4, 0.5) is 10.1 Å². The van der Waals surface area contributed by atoms with Gasteiger partial charge >= 0.3 is 5.97 Å². The second kappa shape index (κ2) is 6.00. The Hall–Kier alpha value is -1.10. The Morgan fingerprint density at radius 3 is 2.82 bits per heavy atom. The van der Waals surface area contributed by atoms with Crippen molar-refractivity contribution in [3.05, 3.63) is 28.0 Å². The molecular formula is C12H15BrFNO2. The zero-order valence-electron chi connectivity index (χ0n) is 10.0. The third kappa shape index (κ3) is 4.00. The van der Waals surface area contributed by atoms with Crippen molar-refractivity contribution >= 4 is 27.6 Å². The lowest BCUT2D eigenvalue weighted by Gasteiger charge is -2.16. The van der Waals surface area contributed by atoms with E-state index in [0.29, 0.717) is 4.47 Å². The minimum absolute atomic E-state index is 0.0708. The average molecular weight is 304 g/mol. The van der Waals surface area contributed by atoms with Gasteiger partial charge in [0, 0.05) is 11.7 Å². The molecule has 0 bridgehead atoms. The smallest absolute Gasteiger partial charge is 0.307 e. The van der Waals surface area contributed by atoms with Crippen molar-refractivity contribution in [3.63, 3.8) is 0 Å². The van der Waals surface area contributed by atoms with E-state index >= 15 is 0 Å². The van der Waals surface area contributed by atoms with Crippen LogP contribution in [0.1, 0.15) is 18.9 Å². The number of rotatable bonds is 4. The van der Waals surface area contributed by atoms with Crippen molar-refractivity contribution in [1.29, 1.82) is 0 Å². The molecule has 5 heteroatoms. The summed E-state index contributed by atoms with van der Waals surface area (Å²) in [6, 6.07) is 3.04. The van der Waals surface area contributed by atoms with Gasteiger partial charge < -0.3 is 10.1 Å². The van der Waals surface area contributed by atoms with Crippen LogP contribution in [0.2, 0.25) is 0 Å². The summed E-state index contributed by atoms with van der Waals surface area (Å²) in [4.78, 5) is 11.1. The molecule has 1 aromatic rings. The third-order valence-corrected chi connectivity index (χ3v) is 2.98. The lowest BCUT2D eigenvalue weighted by atomic mass is 10.1. The zero-order valence-corrected chi connectivity index (χ0v) is 11.6. The Morgan fingerprint density at radius 1 is 1.59 bits per heavy atom. The van der Waals surface area contributed by atoms with Gasteiger partial charge in [-0.25, -0.2) is 4.39 Å². The number of methoxy groups -OCH3 is 1. The number of esters is 1. The molecule has 94 valence electrons. The normalized spacial score (nSPS) is 12.1. The van der Waals surface area contributed by atoms with Crippen LogP contribution in [0.3, 0.4) is 0 Å². The zero-order chi connectivity index (χ0) is 13.0. The van der Waals surface area contributed by atoms with Gasteiger partial charge in [-0.2, -0.15) is 0 Å². The number of benzene rings is 1. The maximum absolute atomic E-state index is 13.2. The van der Waals surface area contributed by atoms with Crippen molar-refractivity contribution in [2.45, 2.75) is 26.3 Å². The maximum atomic E-state index is 13.2. The summed E-state index contributed by atoms with van der Waals surface area (Å²) >= 11 is 3.13. The Morgan fingerprint density at radius 2 is 2.24 bits per heavy atom. The standard InChI is InChI=1S/C12H15BrFNO2/c1-7-4-10(14)9(13)6-11(7)15-8(2)5-12(16)17-3/h4,6,8,15H,5H2,1-3H3. The molecule has 17 heavy (non-hydrogen) atoms. The molecule has 3 nitrogen and oxygen atoms in total. The van der Waals surface area contributed by atoms with Gasteiger partial charge in [-0.3, -0.25) is 4.79 Å². The highest BCUT2D eigenvalue weighted by Crippen LogP contribution is 2.25. The molecule has 0 radical (unpaired) electrons. The van der Waals surface area contributed by atoms with E-state index in [4.69, 9.17) is 0 Å². The van der Waals surface area contributed by atoms with Gasteiger partial charge in [0.2, 0.25) is 0 Å². The van der Waals surface area contributed by atoms with E-state index in [1.165, 1.54) is 13.2 Å². The topological polar surface area (TPSA) is 38.3 Å². The first-order chi connectivity index (χ1) is 7.93. The first kappa shape index (κ1) is 14.0. The van der Waals surface area contributed by atoms with Gasteiger partial charge in [0.15, 0.2) is 0 Å². The molecule has 0 aliphatic carbocycles. The molecule has 0 heterocycles. The fraction of sp³-hybridized carbons (Fsp3) is 0.417. The summed E-state index contributed by atoms with van der Waals surface area (Å²) in [6.45, 7) is 3.68. The number of anilines is 1. The van der Waals surface area contributed by atoms with Gasteiger partial charge in [0.05, 0.1) is 18.0 Å². The number of aryl methyl sites for hydroxylation is 1. The number of halogens is 2. The van der Waals surface area contributed by atoms with Gasteiger partial charge in [0.25, 0.3) is 0 Å². The van der Waals surface area contributed by atoms with Crippen LogP contribution in [0.15, 0.2) is 16.6 Å². The Balaban J connectivity index is 2.74. The molecule has 1 atom stereocenters. The number of nitrogens with one attached hydrogen (secondary N) is 1. The number of ether oxygens (including phenoxy) is 1. The molecule has 1 rings (SSSR count). The van der Waals surface area contributed by atoms with Crippen molar-refractivity contribution < 1.29 is 13.9 Å². The molecule has 0 saturated heterocycles. The monoisotopic (exact) mass is 303 g/mol. The third-order valence-electron chi connectivity index (χ3n) is 2.37. The van der Waals surface area contributed by atoms with Crippen molar-refractivity contribution in [1.82, 2.24) is 0 Å². The van der Waals surface area contributed by atoms with Gasteiger partial charge in [-0.1, -0.05) is 0 Å². The molecule has 0 fully saturated rings. The highest BCUT2D eigenvalue weighted by molar-refractivity contribution is 9.10. The summed E-state index contributed by atoms with van der Waals surface area (Å²) in [5, 5.41) is 3.15. The average Bonchev–Trinajstić information content (AvgIpc) is 2.25. The van der Waals surface area contributed by atoms with E-state index in [-0.39, 0.29) is 24.2 Å². The Kier molecular flexibility index (Phi) is 4.93. The predicted molar refractivity (Wildman–Crippen MR) is 68.6 cm³/mol. The van der Waals surface area contributed by atoms with E-state index in [9.17, 15) is 9.18 Å². The van der Waals surface area contributed by atoms with Crippen LogP contribution in [0.25, 0.3) is 0 Å². The molecule has 0 spiro atoms. The second-order valence-electron chi connectivity index (χ2n) is 3.91. The lowest BCUT2D eigenvalue weighted by Crippen LogP contribution is -2.20. The molecule has 1 N–H and O–H groups in total. The van der Waals surface area contributed by atoms with Crippen LogP contribution in [0.5, 0.6) is 0 Å². The molecule has 0 amide bonds. The summed E-state index contributed by atoms with van der Waals surface area (Å²) < 4.78 is 18.2. The fourth-order valence-electron chi connectivity index (χ4n) is 1.45. The van der Waals surface area contributed by atoms with Gasteiger partial charge in [-0.15, -0.1) is 0 Å². The summed E-state index contributed by atoms with van der Waals surface area (Å²) in [7, 11) is 1.36. The minimum atomic E-state index is -0.298. The quantitative estimate of drug-likeness (QED) is 0.868. The number of hydrogen-bond donors (Lipinski definition) is 1. The largest absolute Gasteiger partial charge is 0.469 e. The van der Waals surface area contributed by atoms with Crippen molar-refractivity contribution in [2.24, 2.45) is 0 Å². The number of carbonyl (C=O) groups is 1. The highest BCUT2D eigenvalue weighted by atomic mass is 79.9. The Labute approximate surface area is 108 Å². The van der Waals surface area contributed by atoms with E-state index in [2.05, 4.69) is 26.0 Å². The van der Waals surface area contributed by atoms with E-state index in [1.54, 1.807) is 6.07 Å². The molecular weight excluding hydrogens is 289 g/mol. The fourth-order valence-corrected chi connectivity index (χ4v) is 1.79. The molecule has 1 unspecified atom stereocenters. The van der Waals surface area contributed by atoms with Crippen LogP contribution in [-0.2, 0) is 9.53 Å². The van der Waals surface area contributed by atoms with Crippen molar-refractivity contribution in [2.75, 3.05) is 12.4 Å². The molecule has 1 aromatic carbocycles. The summed E-state index contributed by atoms with van der Waals surface area (Å²) in [5.74, 6) is -0.572. The van der Waals surface area contributed by atoms with Crippen LogP contribution in [0, 0.1) is 12.7 Å². The molecule has 0 aliphatic rings. The molecule has 0 saturated carbocycles. The van der Waals surface area contributed by atoms with E-state index in [1.807, 2.05) is 13.8 Å². The van der Waals surface area contributed by atoms with Crippen LogP contribution in [-0.4, -0.2) is 19.1 Å². The van der Waals surface area contributed by atoms with E-state index in [0.717, 1.165) is 11.3 Å². The Bertz CT molecular complexity index is 423. The maximum Gasteiger partial charge on any atom is 0.307 e. The lowest BCUT2D eigenvalue weighted by molar-refractivity contribution is -0.140. The SMILES string of the molecule is COC(=O)CC(C)Nc1cc(Br)c(F)cc1C. The second-order valence-corrected chi connectivity index (χ2v) is 4.76. The van der Waals surface area contributed by atoms with Gasteiger partial charge in [0.1, 0.15) is 5.82 Å². The number of carbonyl (C=O) groups excluding carboxylic acids is 1. The molecule has 0 aliphatic heterocycles. The first-order valence-electron chi connectivity index (χ1n) is 5.23. The number of hydrogen-bond acceptors (Lipinski definition) is 3. The first-order valence-corrected chi connectivity index (χ1v) is 6.02. The van der Waals surface area contributed by atoms with Crippen LogP contribution < -0.4 is 5.32 Å². The van der Waals surface area contributed by atoms with Crippen molar-refractivity contribution in [3.8, 4) is 0 Å². The van der Waals surface area contributed by atoms with Gasteiger partial charge in [-0.05, 0) is 47.5 Å². The summed E-state index contributed by atoms with van der Waals surface area (Å²) in [6.07, 6.45) is 0.269. The highest BCUT2D eigenvalue weighted by Gasteiger charge is 2.11. The van der Waals surface area contributed by atoms with E-state index < -0.39 is 0 Å². The minimum Gasteiger partial charge on any atom is -0.469 e. The predicted octanol–water partition coefficient (Wildman–Crippen LogP) is 3.26. The van der Waals surface area contributed by atoms with Crippen LogP contribution >= 0.6 is 15.9 Å². The summed E-state index contributed by atoms with van der Waals surface area (Å²) in [5.41, 5.74) is 1.59. The molecule has 0 aromatic heterocycles.